The van der Waals surface area contributed by atoms with Crippen molar-refractivity contribution in [3.8, 4) is 0 Å². The number of carboxylic acids is 1. The van der Waals surface area contributed by atoms with Gasteiger partial charge in [0.2, 0.25) is 0 Å². The molecule has 0 spiro atoms. The van der Waals surface area contributed by atoms with Crippen molar-refractivity contribution >= 4 is 5.97 Å². The number of aliphatic carboxylic acids is 1. The Labute approximate surface area is 109 Å². The van der Waals surface area contributed by atoms with Gasteiger partial charge in [-0.3, -0.25) is 4.79 Å². The summed E-state index contributed by atoms with van der Waals surface area (Å²) in [6, 6.07) is -0.0311. The minimum Gasteiger partial charge on any atom is -0.481 e. The molecule has 0 aliphatic heterocycles. The SMILES string of the molecule is CC(c1nc2c([nH]1)CC(C(=O)O)CC2)n1cncn1. The molecule has 0 saturated heterocycles. The maximum Gasteiger partial charge on any atom is 0.306 e. The lowest BCUT2D eigenvalue weighted by Crippen LogP contribution is -2.22. The number of nitrogens with one attached hydrogen (secondary N) is 1. The van der Waals surface area contributed by atoms with Gasteiger partial charge in [-0.1, -0.05) is 0 Å². The Hall–Kier alpha value is -2.18. The van der Waals surface area contributed by atoms with Gasteiger partial charge in [0.1, 0.15) is 24.5 Å². The van der Waals surface area contributed by atoms with E-state index >= 15 is 0 Å². The summed E-state index contributed by atoms with van der Waals surface area (Å²) in [5.74, 6) is -0.227. The quantitative estimate of drug-likeness (QED) is 0.851. The Bertz CT molecular complexity index is 589. The fourth-order valence-electron chi connectivity index (χ4n) is 2.45. The van der Waals surface area contributed by atoms with Gasteiger partial charge in [0.05, 0.1) is 11.6 Å². The van der Waals surface area contributed by atoms with Crippen LogP contribution in [-0.4, -0.2) is 35.8 Å². The number of aromatic amines is 1. The number of aryl methyl sites for hydroxylation is 1. The summed E-state index contributed by atoms with van der Waals surface area (Å²) in [5.41, 5.74) is 1.93. The maximum atomic E-state index is 11.0. The van der Waals surface area contributed by atoms with Gasteiger partial charge in [-0.2, -0.15) is 5.10 Å². The van der Waals surface area contributed by atoms with E-state index in [1.807, 2.05) is 6.92 Å². The highest BCUT2D eigenvalue weighted by Gasteiger charge is 2.27. The number of rotatable bonds is 3. The summed E-state index contributed by atoms with van der Waals surface area (Å²) < 4.78 is 1.72. The van der Waals surface area contributed by atoms with Gasteiger partial charge in [-0.25, -0.2) is 14.6 Å². The van der Waals surface area contributed by atoms with Crippen molar-refractivity contribution in [2.75, 3.05) is 0 Å². The number of carboxylic acid groups (broad SMARTS) is 1. The number of hydrogen-bond donors (Lipinski definition) is 2. The number of fused-ring (bicyclic) bond motifs is 1. The Kier molecular flexibility index (Phi) is 2.81. The van der Waals surface area contributed by atoms with Gasteiger partial charge in [-0.15, -0.1) is 0 Å². The van der Waals surface area contributed by atoms with Crippen molar-refractivity contribution in [2.24, 2.45) is 5.92 Å². The monoisotopic (exact) mass is 261 g/mol. The molecule has 2 unspecified atom stereocenters. The predicted octanol–water partition coefficient (Wildman–Crippen LogP) is 0.800. The normalized spacial score (nSPS) is 19.9. The van der Waals surface area contributed by atoms with Crippen LogP contribution in [0.1, 0.15) is 36.6 Å². The molecular weight excluding hydrogens is 246 g/mol. The van der Waals surface area contributed by atoms with Crippen LogP contribution >= 0.6 is 0 Å². The summed E-state index contributed by atoms with van der Waals surface area (Å²) in [6.45, 7) is 1.98. The largest absolute Gasteiger partial charge is 0.481 e. The molecule has 2 atom stereocenters. The van der Waals surface area contributed by atoms with Crippen LogP contribution in [0.3, 0.4) is 0 Å². The number of aromatic nitrogens is 5. The first kappa shape index (κ1) is 11.9. The summed E-state index contributed by atoms with van der Waals surface area (Å²) in [4.78, 5) is 22.8. The minimum absolute atomic E-state index is 0.0311. The van der Waals surface area contributed by atoms with Gasteiger partial charge in [0, 0.05) is 12.1 Å². The van der Waals surface area contributed by atoms with E-state index in [9.17, 15) is 4.79 Å². The van der Waals surface area contributed by atoms with Crippen LogP contribution in [0, 0.1) is 5.92 Å². The first-order valence-electron chi connectivity index (χ1n) is 6.29. The van der Waals surface area contributed by atoms with E-state index < -0.39 is 5.97 Å². The number of carbonyl (C=O) groups is 1. The van der Waals surface area contributed by atoms with Gasteiger partial charge in [0.25, 0.3) is 0 Å². The van der Waals surface area contributed by atoms with E-state index in [-0.39, 0.29) is 12.0 Å². The van der Waals surface area contributed by atoms with E-state index in [1.165, 1.54) is 6.33 Å². The molecule has 100 valence electrons. The van der Waals surface area contributed by atoms with E-state index in [0.29, 0.717) is 19.3 Å². The van der Waals surface area contributed by atoms with Crippen molar-refractivity contribution in [1.82, 2.24) is 24.7 Å². The highest BCUT2D eigenvalue weighted by Crippen LogP contribution is 2.26. The zero-order valence-electron chi connectivity index (χ0n) is 10.6. The van der Waals surface area contributed by atoms with Crippen LogP contribution in [0.2, 0.25) is 0 Å². The van der Waals surface area contributed by atoms with Crippen LogP contribution in [0.4, 0.5) is 0 Å². The van der Waals surface area contributed by atoms with E-state index in [1.54, 1.807) is 11.0 Å². The first-order chi connectivity index (χ1) is 9.15. The fraction of sp³-hybridized carbons (Fsp3) is 0.500. The number of nitrogens with zero attached hydrogens (tertiary/aromatic N) is 4. The molecule has 2 N–H and O–H groups in total. The lowest BCUT2D eigenvalue weighted by molar-refractivity contribution is -0.142. The molecule has 0 bridgehead atoms. The zero-order valence-corrected chi connectivity index (χ0v) is 10.6. The summed E-state index contributed by atoms with van der Waals surface area (Å²) in [5, 5.41) is 13.2. The molecule has 0 saturated carbocycles. The lowest BCUT2D eigenvalue weighted by Gasteiger charge is -2.16. The van der Waals surface area contributed by atoms with Gasteiger partial charge >= 0.3 is 5.97 Å². The Morgan fingerprint density at radius 3 is 3.16 bits per heavy atom. The topological polar surface area (TPSA) is 96.7 Å². The maximum absolute atomic E-state index is 11.0. The molecule has 7 nitrogen and oxygen atoms in total. The van der Waals surface area contributed by atoms with Gasteiger partial charge in [0.15, 0.2) is 0 Å². The summed E-state index contributed by atoms with van der Waals surface area (Å²) >= 11 is 0. The smallest absolute Gasteiger partial charge is 0.306 e. The van der Waals surface area contributed by atoms with Crippen LogP contribution in [0.15, 0.2) is 12.7 Å². The van der Waals surface area contributed by atoms with Crippen molar-refractivity contribution in [3.63, 3.8) is 0 Å². The average molecular weight is 261 g/mol. The van der Waals surface area contributed by atoms with E-state index in [4.69, 9.17) is 5.11 Å². The standard InChI is InChI=1S/C12H15N5O2/c1-7(17-6-13-5-14-17)11-15-9-3-2-8(12(18)19)4-10(9)16-11/h5-8H,2-4H2,1H3,(H,15,16)(H,18,19). The van der Waals surface area contributed by atoms with Gasteiger partial charge < -0.3 is 10.1 Å². The molecule has 1 aliphatic rings. The molecule has 1 aliphatic carbocycles. The summed E-state index contributed by atoms with van der Waals surface area (Å²) in [6.07, 6.45) is 5.03. The average Bonchev–Trinajstić information content (AvgIpc) is 3.06. The molecule has 0 amide bonds. The predicted molar refractivity (Wildman–Crippen MR) is 65.6 cm³/mol. The molecule has 0 fully saturated rings. The molecule has 3 rings (SSSR count). The lowest BCUT2D eigenvalue weighted by atomic mass is 9.90. The third-order valence-electron chi connectivity index (χ3n) is 3.64. The molecule has 2 heterocycles. The highest BCUT2D eigenvalue weighted by molar-refractivity contribution is 5.70. The van der Waals surface area contributed by atoms with Crippen molar-refractivity contribution in [3.05, 3.63) is 29.9 Å². The molecule has 0 aromatic carbocycles. The molecule has 2 aromatic rings. The van der Waals surface area contributed by atoms with Crippen LogP contribution in [-0.2, 0) is 17.6 Å². The molecule has 19 heavy (non-hydrogen) atoms. The van der Waals surface area contributed by atoms with Crippen LogP contribution in [0.25, 0.3) is 0 Å². The highest BCUT2D eigenvalue weighted by atomic mass is 16.4. The Balaban J connectivity index is 1.85. The van der Waals surface area contributed by atoms with E-state index in [0.717, 1.165) is 17.2 Å². The fourth-order valence-corrected chi connectivity index (χ4v) is 2.45. The van der Waals surface area contributed by atoms with Crippen LogP contribution in [0.5, 0.6) is 0 Å². The zero-order chi connectivity index (χ0) is 13.4. The van der Waals surface area contributed by atoms with Crippen molar-refractivity contribution in [2.45, 2.75) is 32.2 Å². The van der Waals surface area contributed by atoms with Crippen molar-refractivity contribution < 1.29 is 9.90 Å². The third-order valence-corrected chi connectivity index (χ3v) is 3.64. The minimum atomic E-state index is -0.730. The second-order valence-corrected chi connectivity index (χ2v) is 4.88. The second-order valence-electron chi connectivity index (χ2n) is 4.88. The number of imidazole rings is 1. The number of hydrogen-bond acceptors (Lipinski definition) is 4. The Morgan fingerprint density at radius 1 is 1.63 bits per heavy atom. The van der Waals surface area contributed by atoms with Crippen LogP contribution < -0.4 is 0 Å². The van der Waals surface area contributed by atoms with Gasteiger partial charge in [-0.05, 0) is 19.8 Å². The number of H-pyrrole nitrogens is 1. The third kappa shape index (κ3) is 2.11. The molecular formula is C12H15N5O2. The molecule has 7 heteroatoms. The summed E-state index contributed by atoms with van der Waals surface area (Å²) in [7, 11) is 0. The Morgan fingerprint density at radius 2 is 2.47 bits per heavy atom. The van der Waals surface area contributed by atoms with E-state index in [2.05, 4.69) is 20.1 Å². The van der Waals surface area contributed by atoms with Crippen molar-refractivity contribution in [1.29, 1.82) is 0 Å². The second kappa shape index (κ2) is 4.49. The molecule has 0 radical (unpaired) electrons. The molecule has 2 aromatic heterocycles. The first-order valence-corrected chi connectivity index (χ1v) is 6.29.